The van der Waals surface area contributed by atoms with E-state index in [-0.39, 0.29) is 6.10 Å². The Bertz CT molecular complexity index is 452. The molecule has 0 bridgehead atoms. The molecule has 1 unspecified atom stereocenters. The summed E-state index contributed by atoms with van der Waals surface area (Å²) < 4.78 is 1.97. The van der Waals surface area contributed by atoms with Crippen LogP contribution in [-0.4, -0.2) is 14.5 Å². The quantitative estimate of drug-likeness (QED) is 0.837. The molecule has 2 heterocycles. The van der Waals surface area contributed by atoms with Crippen molar-refractivity contribution < 1.29 is 5.11 Å². The van der Waals surface area contributed by atoms with E-state index >= 15 is 0 Å². The normalized spacial score (nSPS) is 19.3. The third-order valence-electron chi connectivity index (χ3n) is 3.53. The SMILES string of the molecule is OC(c1cn2ccccc2n1)C1CCCC1. The van der Waals surface area contributed by atoms with Crippen molar-refractivity contribution >= 4 is 5.65 Å². The summed E-state index contributed by atoms with van der Waals surface area (Å²) in [7, 11) is 0. The summed E-state index contributed by atoms with van der Waals surface area (Å²) in [5.41, 5.74) is 1.73. The summed E-state index contributed by atoms with van der Waals surface area (Å²) in [6.07, 6.45) is 8.28. The molecule has 1 aliphatic rings. The summed E-state index contributed by atoms with van der Waals surface area (Å²) in [5, 5.41) is 10.2. The molecule has 3 rings (SSSR count). The predicted molar refractivity (Wildman–Crippen MR) is 62.1 cm³/mol. The highest BCUT2D eigenvalue weighted by Gasteiger charge is 2.26. The second-order valence-corrected chi connectivity index (χ2v) is 4.62. The molecule has 0 spiro atoms. The van der Waals surface area contributed by atoms with Gasteiger partial charge < -0.3 is 9.51 Å². The van der Waals surface area contributed by atoms with Crippen molar-refractivity contribution in [2.45, 2.75) is 31.8 Å². The van der Waals surface area contributed by atoms with Crippen LogP contribution in [0.5, 0.6) is 0 Å². The lowest BCUT2D eigenvalue weighted by atomic mass is 9.99. The smallest absolute Gasteiger partial charge is 0.137 e. The van der Waals surface area contributed by atoms with E-state index in [0.29, 0.717) is 5.92 Å². The van der Waals surface area contributed by atoms with Crippen LogP contribution in [0.3, 0.4) is 0 Å². The molecule has 0 saturated heterocycles. The zero-order valence-electron chi connectivity index (χ0n) is 9.21. The molecule has 3 nitrogen and oxygen atoms in total. The Morgan fingerprint density at radius 3 is 2.88 bits per heavy atom. The molecule has 1 fully saturated rings. The average molecular weight is 216 g/mol. The first kappa shape index (κ1) is 9.85. The van der Waals surface area contributed by atoms with Gasteiger partial charge in [0.25, 0.3) is 0 Å². The van der Waals surface area contributed by atoms with Gasteiger partial charge >= 0.3 is 0 Å². The standard InChI is InChI=1S/C13H16N2O/c16-13(10-5-1-2-6-10)11-9-15-8-4-3-7-12(15)14-11/h3-4,7-10,13,16H,1-2,5-6H2. The molecule has 1 N–H and O–H groups in total. The first-order valence-electron chi connectivity index (χ1n) is 5.96. The molecular formula is C13H16N2O. The number of imidazole rings is 1. The van der Waals surface area contributed by atoms with Gasteiger partial charge in [-0.2, -0.15) is 0 Å². The van der Waals surface area contributed by atoms with Crippen LogP contribution in [0.1, 0.15) is 37.5 Å². The molecule has 3 heteroatoms. The summed E-state index contributed by atoms with van der Waals surface area (Å²) in [4.78, 5) is 4.47. The second-order valence-electron chi connectivity index (χ2n) is 4.62. The average Bonchev–Trinajstić information content (AvgIpc) is 2.97. The van der Waals surface area contributed by atoms with Crippen LogP contribution < -0.4 is 0 Å². The zero-order valence-corrected chi connectivity index (χ0v) is 9.21. The minimum absolute atomic E-state index is 0.387. The van der Waals surface area contributed by atoms with Gasteiger partial charge in [0.2, 0.25) is 0 Å². The summed E-state index contributed by atoms with van der Waals surface area (Å²) in [5.74, 6) is 0.407. The van der Waals surface area contributed by atoms with Crippen molar-refractivity contribution in [2.75, 3.05) is 0 Å². The van der Waals surface area contributed by atoms with E-state index in [1.807, 2.05) is 35.0 Å². The van der Waals surface area contributed by atoms with Crippen LogP contribution in [0.4, 0.5) is 0 Å². The maximum atomic E-state index is 10.2. The molecule has 0 amide bonds. The highest BCUT2D eigenvalue weighted by Crippen LogP contribution is 2.35. The number of nitrogens with zero attached hydrogens (tertiary/aromatic N) is 2. The first-order chi connectivity index (χ1) is 7.84. The molecule has 2 aromatic heterocycles. The van der Waals surface area contributed by atoms with Gasteiger partial charge in [0.05, 0.1) is 5.69 Å². The Morgan fingerprint density at radius 2 is 2.12 bits per heavy atom. The monoisotopic (exact) mass is 216 g/mol. The molecule has 1 saturated carbocycles. The van der Waals surface area contributed by atoms with E-state index in [2.05, 4.69) is 4.98 Å². The number of hydrogen-bond acceptors (Lipinski definition) is 2. The van der Waals surface area contributed by atoms with Gasteiger partial charge in [0.1, 0.15) is 11.8 Å². The molecule has 0 aromatic carbocycles. The van der Waals surface area contributed by atoms with Crippen LogP contribution in [0.25, 0.3) is 5.65 Å². The molecule has 2 aromatic rings. The van der Waals surface area contributed by atoms with E-state index in [1.165, 1.54) is 12.8 Å². The fraction of sp³-hybridized carbons (Fsp3) is 0.462. The Hall–Kier alpha value is -1.35. The summed E-state index contributed by atoms with van der Waals surface area (Å²) >= 11 is 0. The number of fused-ring (bicyclic) bond motifs is 1. The van der Waals surface area contributed by atoms with Gasteiger partial charge in [-0.25, -0.2) is 4.98 Å². The van der Waals surface area contributed by atoms with E-state index in [4.69, 9.17) is 0 Å². The number of pyridine rings is 1. The molecule has 1 aliphatic carbocycles. The van der Waals surface area contributed by atoms with Gasteiger partial charge in [0, 0.05) is 12.4 Å². The summed E-state index contributed by atoms with van der Waals surface area (Å²) in [6, 6.07) is 5.90. The van der Waals surface area contributed by atoms with Gasteiger partial charge in [-0.05, 0) is 30.9 Å². The van der Waals surface area contributed by atoms with Crippen LogP contribution in [0.15, 0.2) is 30.6 Å². The van der Waals surface area contributed by atoms with Crippen LogP contribution in [-0.2, 0) is 0 Å². The van der Waals surface area contributed by atoms with Crippen LogP contribution in [0, 0.1) is 5.92 Å². The Kier molecular flexibility index (Phi) is 2.40. The molecule has 16 heavy (non-hydrogen) atoms. The van der Waals surface area contributed by atoms with Crippen molar-refractivity contribution in [3.63, 3.8) is 0 Å². The number of aliphatic hydroxyl groups excluding tert-OH is 1. The minimum Gasteiger partial charge on any atom is -0.386 e. The largest absolute Gasteiger partial charge is 0.386 e. The van der Waals surface area contributed by atoms with Crippen molar-refractivity contribution in [1.82, 2.24) is 9.38 Å². The lowest BCUT2D eigenvalue weighted by molar-refractivity contribution is 0.108. The molecule has 0 aliphatic heterocycles. The van der Waals surface area contributed by atoms with Crippen LogP contribution >= 0.6 is 0 Å². The van der Waals surface area contributed by atoms with Gasteiger partial charge in [-0.3, -0.25) is 0 Å². The lowest BCUT2D eigenvalue weighted by Crippen LogP contribution is -2.09. The predicted octanol–water partition coefficient (Wildman–Crippen LogP) is 2.56. The van der Waals surface area contributed by atoms with Gasteiger partial charge in [0.15, 0.2) is 0 Å². The molecular weight excluding hydrogens is 200 g/mol. The second kappa shape index (κ2) is 3.91. The number of hydrogen-bond donors (Lipinski definition) is 1. The van der Waals surface area contributed by atoms with Crippen molar-refractivity contribution in [3.8, 4) is 0 Å². The third kappa shape index (κ3) is 1.61. The zero-order chi connectivity index (χ0) is 11.0. The topological polar surface area (TPSA) is 37.5 Å². The Morgan fingerprint density at radius 1 is 1.31 bits per heavy atom. The lowest BCUT2D eigenvalue weighted by Gasteiger charge is -2.14. The highest BCUT2D eigenvalue weighted by molar-refractivity contribution is 5.39. The van der Waals surface area contributed by atoms with Crippen molar-refractivity contribution in [1.29, 1.82) is 0 Å². The number of rotatable bonds is 2. The van der Waals surface area contributed by atoms with Gasteiger partial charge in [-0.15, -0.1) is 0 Å². The molecule has 0 radical (unpaired) electrons. The van der Waals surface area contributed by atoms with E-state index < -0.39 is 0 Å². The summed E-state index contributed by atoms with van der Waals surface area (Å²) in [6.45, 7) is 0. The Labute approximate surface area is 94.7 Å². The highest BCUT2D eigenvalue weighted by atomic mass is 16.3. The minimum atomic E-state index is -0.387. The van der Waals surface area contributed by atoms with E-state index in [9.17, 15) is 5.11 Å². The maximum Gasteiger partial charge on any atom is 0.137 e. The Balaban J connectivity index is 1.92. The third-order valence-corrected chi connectivity index (χ3v) is 3.53. The molecule has 1 atom stereocenters. The van der Waals surface area contributed by atoms with Crippen molar-refractivity contribution in [3.05, 3.63) is 36.3 Å². The number of aliphatic hydroxyl groups is 1. The fourth-order valence-electron chi connectivity index (χ4n) is 2.61. The van der Waals surface area contributed by atoms with Crippen molar-refractivity contribution in [2.24, 2.45) is 5.92 Å². The molecule has 84 valence electrons. The van der Waals surface area contributed by atoms with E-state index in [1.54, 1.807) is 0 Å². The van der Waals surface area contributed by atoms with Crippen LogP contribution in [0.2, 0.25) is 0 Å². The number of aromatic nitrogens is 2. The van der Waals surface area contributed by atoms with Gasteiger partial charge in [-0.1, -0.05) is 18.9 Å². The maximum absolute atomic E-state index is 10.2. The first-order valence-corrected chi connectivity index (χ1v) is 5.96. The van der Waals surface area contributed by atoms with E-state index in [0.717, 1.165) is 24.2 Å². The fourth-order valence-corrected chi connectivity index (χ4v) is 2.61.